The fourth-order valence-electron chi connectivity index (χ4n) is 2.64. The van der Waals surface area contributed by atoms with Crippen molar-refractivity contribution >= 4 is 11.8 Å². The molecular formula is C21H27NO4. The van der Waals surface area contributed by atoms with E-state index in [1.165, 1.54) is 11.1 Å². The molecule has 0 saturated carbocycles. The third-order valence-electron chi connectivity index (χ3n) is 4.11. The molecule has 1 N–H and O–H groups in total. The van der Waals surface area contributed by atoms with Crippen LogP contribution in [0.25, 0.3) is 0 Å². The van der Waals surface area contributed by atoms with Gasteiger partial charge in [0, 0.05) is 0 Å². The Bertz CT molecular complexity index is 771. The van der Waals surface area contributed by atoms with Gasteiger partial charge in [0.05, 0.1) is 24.5 Å². The van der Waals surface area contributed by atoms with Gasteiger partial charge in [0.25, 0.3) is 0 Å². The highest BCUT2D eigenvalue weighted by molar-refractivity contribution is 5.86. The number of nitrogens with one attached hydrogen (secondary N) is 1. The minimum atomic E-state index is -0.496. The molecule has 26 heavy (non-hydrogen) atoms. The Morgan fingerprint density at radius 1 is 0.923 bits per heavy atom. The van der Waals surface area contributed by atoms with Crippen molar-refractivity contribution in [3.63, 3.8) is 0 Å². The smallest absolute Gasteiger partial charge is 0.411 e. The summed E-state index contributed by atoms with van der Waals surface area (Å²) >= 11 is 0. The molecule has 140 valence electrons. The average molecular weight is 357 g/mol. The second-order valence-electron chi connectivity index (χ2n) is 6.05. The Hall–Kier alpha value is -2.69. The predicted octanol–water partition coefficient (Wildman–Crippen LogP) is 5.16. The summed E-state index contributed by atoms with van der Waals surface area (Å²) in [6.45, 7) is 11.0. The summed E-state index contributed by atoms with van der Waals surface area (Å²) < 4.78 is 16.7. The van der Waals surface area contributed by atoms with Crippen LogP contribution >= 0.6 is 0 Å². The number of aryl methyl sites for hydroxylation is 3. The van der Waals surface area contributed by atoms with Crippen LogP contribution < -0.4 is 14.8 Å². The second kappa shape index (κ2) is 9.13. The van der Waals surface area contributed by atoms with Crippen molar-refractivity contribution in [1.29, 1.82) is 0 Å². The lowest BCUT2D eigenvalue weighted by Crippen LogP contribution is -2.16. The van der Waals surface area contributed by atoms with Crippen LogP contribution in [0.4, 0.5) is 10.5 Å². The molecule has 0 heterocycles. The lowest BCUT2D eigenvalue weighted by Gasteiger charge is -2.17. The van der Waals surface area contributed by atoms with E-state index < -0.39 is 6.09 Å². The molecule has 2 aromatic carbocycles. The van der Waals surface area contributed by atoms with Crippen LogP contribution in [-0.2, 0) is 11.3 Å². The van der Waals surface area contributed by atoms with Gasteiger partial charge in [0.2, 0.25) is 0 Å². The number of amides is 1. The van der Waals surface area contributed by atoms with Gasteiger partial charge < -0.3 is 14.2 Å². The maximum Gasteiger partial charge on any atom is 0.411 e. The van der Waals surface area contributed by atoms with Gasteiger partial charge in [-0.1, -0.05) is 12.1 Å². The molecule has 0 saturated heterocycles. The summed E-state index contributed by atoms with van der Waals surface area (Å²) in [7, 11) is 0. The maximum atomic E-state index is 11.8. The molecule has 2 aromatic rings. The van der Waals surface area contributed by atoms with Gasteiger partial charge in [-0.05, 0) is 69.5 Å². The van der Waals surface area contributed by atoms with Crippen LogP contribution in [0.3, 0.4) is 0 Å². The molecule has 0 aliphatic carbocycles. The van der Waals surface area contributed by atoms with Gasteiger partial charge in [0.15, 0.2) is 0 Å². The average Bonchev–Trinajstić information content (AvgIpc) is 2.59. The van der Waals surface area contributed by atoms with E-state index in [1.54, 1.807) is 6.92 Å². The lowest BCUT2D eigenvalue weighted by molar-refractivity contribution is 0.168. The quantitative estimate of drug-likeness (QED) is 0.744. The molecule has 0 bridgehead atoms. The van der Waals surface area contributed by atoms with E-state index in [9.17, 15) is 4.79 Å². The number of ether oxygens (including phenoxy) is 3. The number of hydrogen-bond donors (Lipinski definition) is 1. The molecule has 0 spiro atoms. The normalized spacial score (nSPS) is 10.3. The highest BCUT2D eigenvalue weighted by Gasteiger charge is 2.14. The summed E-state index contributed by atoms with van der Waals surface area (Å²) in [5.74, 6) is 1.50. The van der Waals surface area contributed by atoms with E-state index in [-0.39, 0.29) is 6.61 Å². The largest absolute Gasteiger partial charge is 0.493 e. The molecule has 0 aromatic heterocycles. The lowest BCUT2D eigenvalue weighted by atomic mass is 10.1. The second-order valence-corrected chi connectivity index (χ2v) is 6.05. The highest BCUT2D eigenvalue weighted by atomic mass is 16.5. The number of hydrogen-bond acceptors (Lipinski definition) is 4. The van der Waals surface area contributed by atoms with Crippen molar-refractivity contribution in [2.75, 3.05) is 18.5 Å². The summed E-state index contributed by atoms with van der Waals surface area (Å²) in [4.78, 5) is 11.8. The van der Waals surface area contributed by atoms with E-state index in [0.717, 1.165) is 16.9 Å². The van der Waals surface area contributed by atoms with Crippen molar-refractivity contribution in [2.24, 2.45) is 0 Å². The molecule has 0 radical (unpaired) electrons. The molecule has 0 atom stereocenters. The number of rotatable bonds is 7. The minimum Gasteiger partial charge on any atom is -0.493 e. The molecular weight excluding hydrogens is 330 g/mol. The first-order valence-corrected chi connectivity index (χ1v) is 8.85. The van der Waals surface area contributed by atoms with Gasteiger partial charge in [-0.2, -0.15) is 0 Å². The van der Waals surface area contributed by atoms with E-state index in [4.69, 9.17) is 14.2 Å². The van der Waals surface area contributed by atoms with Crippen LogP contribution in [-0.4, -0.2) is 19.3 Å². The van der Waals surface area contributed by atoms with Crippen molar-refractivity contribution in [3.05, 3.63) is 52.6 Å². The van der Waals surface area contributed by atoms with Crippen LogP contribution in [0.2, 0.25) is 0 Å². The molecule has 0 unspecified atom stereocenters. The predicted molar refractivity (Wildman–Crippen MR) is 103 cm³/mol. The fourth-order valence-corrected chi connectivity index (χ4v) is 2.64. The van der Waals surface area contributed by atoms with Crippen LogP contribution in [0.1, 0.15) is 36.1 Å². The SMILES string of the molecule is CCOC(=O)Nc1cccc(OCC)c1COc1cc(C)c(C)cc1C. The Kier molecular flexibility index (Phi) is 6.89. The topological polar surface area (TPSA) is 56.8 Å². The maximum absolute atomic E-state index is 11.8. The highest BCUT2D eigenvalue weighted by Crippen LogP contribution is 2.30. The minimum absolute atomic E-state index is 0.279. The van der Waals surface area contributed by atoms with Gasteiger partial charge in [-0.25, -0.2) is 4.79 Å². The molecule has 1 amide bonds. The first kappa shape index (κ1) is 19.6. The zero-order valence-corrected chi connectivity index (χ0v) is 16.1. The standard InChI is InChI=1S/C21H27NO4/c1-6-24-19-10-8-9-18(22-21(23)25-7-2)17(19)13-26-20-12-15(4)14(3)11-16(20)5/h8-12H,6-7,13H2,1-5H3,(H,22,23). The fraction of sp³-hybridized carbons (Fsp3) is 0.381. The number of carbonyl (C=O) groups is 1. The Balaban J connectivity index is 2.28. The molecule has 0 fully saturated rings. The van der Waals surface area contributed by atoms with E-state index in [2.05, 4.69) is 25.2 Å². The van der Waals surface area contributed by atoms with Gasteiger partial charge >= 0.3 is 6.09 Å². The molecule has 5 nitrogen and oxygen atoms in total. The van der Waals surface area contributed by atoms with Crippen molar-refractivity contribution in [2.45, 2.75) is 41.2 Å². The van der Waals surface area contributed by atoms with Gasteiger partial charge in [0.1, 0.15) is 18.1 Å². The van der Waals surface area contributed by atoms with E-state index in [0.29, 0.717) is 24.7 Å². The first-order chi connectivity index (χ1) is 12.5. The molecule has 2 rings (SSSR count). The zero-order chi connectivity index (χ0) is 19.1. The van der Waals surface area contributed by atoms with Crippen LogP contribution in [0.15, 0.2) is 30.3 Å². The van der Waals surface area contributed by atoms with E-state index in [1.807, 2.05) is 38.1 Å². The third-order valence-corrected chi connectivity index (χ3v) is 4.11. The summed E-state index contributed by atoms with van der Waals surface area (Å²) in [5.41, 5.74) is 4.88. The Labute approximate surface area is 155 Å². The number of anilines is 1. The van der Waals surface area contributed by atoms with E-state index >= 15 is 0 Å². The molecule has 0 aliphatic rings. The van der Waals surface area contributed by atoms with Crippen molar-refractivity contribution in [1.82, 2.24) is 0 Å². The molecule has 0 aliphatic heterocycles. The first-order valence-electron chi connectivity index (χ1n) is 8.85. The van der Waals surface area contributed by atoms with Crippen molar-refractivity contribution in [3.8, 4) is 11.5 Å². The molecule has 5 heteroatoms. The van der Waals surface area contributed by atoms with Gasteiger partial charge in [-0.15, -0.1) is 0 Å². The van der Waals surface area contributed by atoms with Crippen LogP contribution in [0.5, 0.6) is 11.5 Å². The number of carbonyl (C=O) groups excluding carboxylic acids is 1. The van der Waals surface area contributed by atoms with Gasteiger partial charge in [-0.3, -0.25) is 5.32 Å². The number of benzene rings is 2. The third kappa shape index (κ3) is 4.91. The summed E-state index contributed by atoms with van der Waals surface area (Å²) in [6.07, 6.45) is -0.496. The Morgan fingerprint density at radius 2 is 1.65 bits per heavy atom. The summed E-state index contributed by atoms with van der Waals surface area (Å²) in [6, 6.07) is 9.65. The monoisotopic (exact) mass is 357 g/mol. The van der Waals surface area contributed by atoms with Crippen LogP contribution in [0, 0.1) is 20.8 Å². The Morgan fingerprint density at radius 3 is 2.35 bits per heavy atom. The zero-order valence-electron chi connectivity index (χ0n) is 16.1. The van der Waals surface area contributed by atoms with Crippen molar-refractivity contribution < 1.29 is 19.0 Å². The summed E-state index contributed by atoms with van der Waals surface area (Å²) in [5, 5.41) is 2.76.